The van der Waals surface area contributed by atoms with Gasteiger partial charge in [-0.3, -0.25) is 15.2 Å². The van der Waals surface area contributed by atoms with Gasteiger partial charge in [-0.2, -0.15) is 18.3 Å². The lowest BCUT2D eigenvalue weighted by atomic mass is 10.2. The molecule has 1 heterocycles. The highest BCUT2D eigenvalue weighted by Gasteiger charge is 2.29. The van der Waals surface area contributed by atoms with Crippen molar-refractivity contribution in [1.29, 1.82) is 0 Å². The first-order valence-corrected chi connectivity index (χ1v) is 7.26. The number of amides is 1. The number of nitrogens with one attached hydrogen (secondary N) is 2. The van der Waals surface area contributed by atoms with E-state index in [1.165, 1.54) is 24.4 Å². The van der Waals surface area contributed by atoms with Crippen molar-refractivity contribution in [2.75, 3.05) is 10.7 Å². The zero-order chi connectivity index (χ0) is 19.3. The van der Waals surface area contributed by atoms with Gasteiger partial charge < -0.3 is 5.32 Å². The van der Waals surface area contributed by atoms with Gasteiger partial charge in [-0.25, -0.2) is 4.39 Å². The lowest BCUT2D eigenvalue weighted by Crippen LogP contribution is -2.12. The van der Waals surface area contributed by atoms with Crippen molar-refractivity contribution in [3.8, 4) is 0 Å². The number of hydrazone groups is 1. The van der Waals surface area contributed by atoms with Crippen LogP contribution in [-0.4, -0.2) is 16.6 Å². The van der Waals surface area contributed by atoms with Crippen LogP contribution in [0.4, 0.5) is 28.9 Å². The van der Waals surface area contributed by atoms with E-state index in [2.05, 4.69) is 27.4 Å². The van der Waals surface area contributed by atoms with E-state index >= 15 is 0 Å². The summed E-state index contributed by atoms with van der Waals surface area (Å²) in [7, 11) is 0. The van der Waals surface area contributed by atoms with E-state index < -0.39 is 23.5 Å². The van der Waals surface area contributed by atoms with Crippen LogP contribution in [0.1, 0.15) is 18.2 Å². The van der Waals surface area contributed by atoms with Crippen molar-refractivity contribution >= 4 is 23.0 Å². The van der Waals surface area contributed by atoms with Gasteiger partial charge in [0, 0.05) is 0 Å². The molecular weight excluding hydrogens is 352 g/mol. The molecule has 0 spiro atoms. The Hall–Kier alpha value is -3.23. The summed E-state index contributed by atoms with van der Waals surface area (Å²) in [5.74, 6) is -2.08. The van der Waals surface area contributed by atoms with Crippen LogP contribution in [-0.2, 0) is 11.0 Å². The topological polar surface area (TPSA) is 66.4 Å². The van der Waals surface area contributed by atoms with Crippen LogP contribution in [0.2, 0.25) is 0 Å². The molecule has 1 amide bonds. The van der Waals surface area contributed by atoms with Gasteiger partial charge in [0.1, 0.15) is 0 Å². The third-order valence-corrected chi connectivity index (χ3v) is 3.20. The molecule has 0 saturated carbocycles. The largest absolute Gasteiger partial charge is 0.416 e. The first kappa shape index (κ1) is 19.1. The normalized spacial score (nSPS) is 11.8. The van der Waals surface area contributed by atoms with Gasteiger partial charge in [-0.15, -0.1) is 0 Å². The van der Waals surface area contributed by atoms with E-state index in [0.29, 0.717) is 17.1 Å². The molecule has 1 aromatic carbocycles. The molecule has 0 saturated heterocycles. The molecule has 0 aliphatic heterocycles. The van der Waals surface area contributed by atoms with E-state index in [-0.39, 0.29) is 5.69 Å². The summed E-state index contributed by atoms with van der Waals surface area (Å²) in [5, 5.41) is 6.30. The van der Waals surface area contributed by atoms with Gasteiger partial charge in [0.15, 0.2) is 5.83 Å². The molecule has 5 nitrogen and oxygen atoms in total. The Kier molecular flexibility index (Phi) is 5.71. The third-order valence-electron chi connectivity index (χ3n) is 3.20. The molecule has 2 rings (SSSR count). The van der Waals surface area contributed by atoms with E-state index in [1.807, 2.05) is 0 Å². The van der Waals surface area contributed by atoms with Crippen LogP contribution in [0, 0.1) is 0 Å². The average Bonchev–Trinajstić information content (AvgIpc) is 2.59. The molecule has 0 atom stereocenters. The Balaban J connectivity index is 2.03. The van der Waals surface area contributed by atoms with Crippen molar-refractivity contribution in [3.05, 3.63) is 66.3 Å². The molecule has 0 aliphatic carbocycles. The quantitative estimate of drug-likeness (QED) is 0.358. The number of pyridine rings is 1. The van der Waals surface area contributed by atoms with Gasteiger partial charge in [0.2, 0.25) is 0 Å². The minimum atomic E-state index is -4.40. The maximum Gasteiger partial charge on any atom is 0.416 e. The maximum atomic E-state index is 12.6. The standard InChI is InChI=1S/C17H14F4N4O/c1-10(18)16(26)23-14-7-8-15(22-9-14)11(2)24-25-13-5-3-12(4-6-13)17(19,20)21/h3-9,25H,1H2,2H3,(H,23,26)/b24-11+. The number of alkyl halides is 3. The Bertz CT molecular complexity index is 827. The monoisotopic (exact) mass is 366 g/mol. The van der Waals surface area contributed by atoms with Crippen molar-refractivity contribution < 1.29 is 22.4 Å². The zero-order valence-corrected chi connectivity index (χ0v) is 13.6. The summed E-state index contributed by atoms with van der Waals surface area (Å²) in [4.78, 5) is 15.2. The van der Waals surface area contributed by atoms with E-state index in [9.17, 15) is 22.4 Å². The fourth-order valence-electron chi connectivity index (χ4n) is 1.82. The van der Waals surface area contributed by atoms with E-state index in [1.54, 1.807) is 13.0 Å². The fraction of sp³-hybridized carbons (Fsp3) is 0.118. The summed E-state index contributed by atoms with van der Waals surface area (Å²) in [5.41, 5.74) is 3.45. The number of nitrogens with zero attached hydrogens (tertiary/aromatic N) is 2. The van der Waals surface area contributed by atoms with Crippen molar-refractivity contribution in [2.45, 2.75) is 13.1 Å². The zero-order valence-electron chi connectivity index (χ0n) is 13.6. The van der Waals surface area contributed by atoms with Gasteiger partial charge in [-0.1, -0.05) is 6.58 Å². The van der Waals surface area contributed by atoms with Gasteiger partial charge >= 0.3 is 6.18 Å². The molecule has 0 aliphatic rings. The van der Waals surface area contributed by atoms with Crippen molar-refractivity contribution in [3.63, 3.8) is 0 Å². The number of anilines is 2. The molecule has 0 fully saturated rings. The third kappa shape index (κ3) is 5.13. The summed E-state index contributed by atoms with van der Waals surface area (Å²) < 4.78 is 50.1. The first-order valence-electron chi connectivity index (χ1n) is 7.26. The van der Waals surface area contributed by atoms with Crippen LogP contribution in [0.3, 0.4) is 0 Å². The summed E-state index contributed by atoms with van der Waals surface area (Å²) >= 11 is 0. The van der Waals surface area contributed by atoms with Gasteiger partial charge in [0.05, 0.1) is 34.5 Å². The molecule has 136 valence electrons. The number of aromatic nitrogens is 1. The molecule has 1 aromatic heterocycles. The minimum absolute atomic E-state index is 0.279. The van der Waals surface area contributed by atoms with Crippen LogP contribution >= 0.6 is 0 Å². The maximum absolute atomic E-state index is 12.6. The number of halogens is 4. The number of rotatable bonds is 5. The average molecular weight is 366 g/mol. The Morgan fingerprint density at radius 3 is 2.23 bits per heavy atom. The second-order valence-electron chi connectivity index (χ2n) is 5.18. The van der Waals surface area contributed by atoms with Crippen LogP contribution < -0.4 is 10.7 Å². The number of carbonyl (C=O) groups excluding carboxylic acids is 1. The van der Waals surface area contributed by atoms with Crippen LogP contribution in [0.15, 0.2) is 60.1 Å². The highest BCUT2D eigenvalue weighted by atomic mass is 19.4. The van der Waals surface area contributed by atoms with Crippen LogP contribution in [0.25, 0.3) is 0 Å². The molecule has 2 aromatic rings. The fourth-order valence-corrected chi connectivity index (χ4v) is 1.82. The number of carbonyl (C=O) groups is 1. The highest BCUT2D eigenvalue weighted by molar-refractivity contribution is 6.02. The van der Waals surface area contributed by atoms with E-state index in [4.69, 9.17) is 0 Å². The predicted molar refractivity (Wildman–Crippen MR) is 90.4 cm³/mol. The molecule has 0 radical (unpaired) electrons. The van der Waals surface area contributed by atoms with Gasteiger partial charge in [0.25, 0.3) is 5.91 Å². The lowest BCUT2D eigenvalue weighted by molar-refractivity contribution is -0.137. The van der Waals surface area contributed by atoms with Crippen LogP contribution in [0.5, 0.6) is 0 Å². The summed E-state index contributed by atoms with van der Waals surface area (Å²) in [6.07, 6.45) is -3.08. The SMILES string of the molecule is C=C(F)C(=O)Nc1ccc(/C(C)=N/Nc2ccc(C(F)(F)F)cc2)nc1. The summed E-state index contributed by atoms with van der Waals surface area (Å²) in [6, 6.07) is 7.46. The second kappa shape index (κ2) is 7.77. The highest BCUT2D eigenvalue weighted by Crippen LogP contribution is 2.29. The Labute approximate surface area is 146 Å². The van der Waals surface area contributed by atoms with Gasteiger partial charge in [-0.05, 0) is 43.3 Å². The molecule has 26 heavy (non-hydrogen) atoms. The lowest BCUT2D eigenvalue weighted by Gasteiger charge is -2.08. The predicted octanol–water partition coefficient (Wildman–Crippen LogP) is 4.36. The smallest absolute Gasteiger partial charge is 0.319 e. The Morgan fingerprint density at radius 1 is 1.12 bits per heavy atom. The molecule has 0 bridgehead atoms. The first-order chi connectivity index (χ1) is 12.2. The number of benzene rings is 1. The molecule has 2 N–H and O–H groups in total. The number of hydrogen-bond donors (Lipinski definition) is 2. The number of hydrogen-bond acceptors (Lipinski definition) is 4. The molecule has 9 heteroatoms. The van der Waals surface area contributed by atoms with Crippen molar-refractivity contribution in [1.82, 2.24) is 4.98 Å². The Morgan fingerprint density at radius 2 is 1.73 bits per heavy atom. The van der Waals surface area contributed by atoms with E-state index in [0.717, 1.165) is 12.1 Å². The minimum Gasteiger partial charge on any atom is -0.319 e. The molecule has 0 unspecified atom stereocenters. The second-order valence-corrected chi connectivity index (χ2v) is 5.18. The summed E-state index contributed by atoms with van der Waals surface area (Å²) in [6.45, 7) is 4.52. The molecular formula is C17H14F4N4O. The van der Waals surface area contributed by atoms with Crippen molar-refractivity contribution in [2.24, 2.45) is 5.10 Å².